The monoisotopic (exact) mass is 445 g/mol. The van der Waals surface area contributed by atoms with Crippen molar-refractivity contribution in [2.24, 2.45) is 0 Å². The van der Waals surface area contributed by atoms with Crippen LogP contribution in [0, 0.1) is 0 Å². The number of hydrogen-bond donors (Lipinski definition) is 2. The van der Waals surface area contributed by atoms with Gasteiger partial charge in [-0.25, -0.2) is 4.98 Å². The number of morpholine rings is 1. The Morgan fingerprint density at radius 3 is 2.81 bits per heavy atom. The Labute approximate surface area is 183 Å². The van der Waals surface area contributed by atoms with Crippen molar-refractivity contribution < 1.29 is 23.9 Å². The molecule has 3 amide bonds. The Hall–Kier alpha value is -3.18. The predicted octanol–water partition coefficient (Wildman–Crippen LogP) is 0.945. The number of para-hydroxylation sites is 2. The fourth-order valence-corrected chi connectivity index (χ4v) is 4.18. The first-order chi connectivity index (χ1) is 15.0. The van der Waals surface area contributed by atoms with Gasteiger partial charge in [0.05, 0.1) is 18.9 Å². The normalized spacial score (nSPS) is 18.2. The van der Waals surface area contributed by atoms with Gasteiger partial charge in [-0.1, -0.05) is 12.1 Å². The molecule has 2 N–H and O–H groups in total. The van der Waals surface area contributed by atoms with Crippen molar-refractivity contribution in [3.8, 4) is 5.75 Å². The molecule has 1 aromatic carbocycles. The van der Waals surface area contributed by atoms with Crippen molar-refractivity contribution in [3.05, 3.63) is 35.3 Å². The molecular formula is C20H23N5O5S. The van der Waals surface area contributed by atoms with Crippen LogP contribution in [-0.2, 0) is 14.3 Å². The van der Waals surface area contributed by atoms with Gasteiger partial charge in [0.2, 0.25) is 5.91 Å². The summed E-state index contributed by atoms with van der Waals surface area (Å²) in [7, 11) is 0. The van der Waals surface area contributed by atoms with Gasteiger partial charge < -0.3 is 19.3 Å². The summed E-state index contributed by atoms with van der Waals surface area (Å²) in [5.41, 5.74) is 5.62. The molecule has 1 fully saturated rings. The van der Waals surface area contributed by atoms with Crippen molar-refractivity contribution in [3.63, 3.8) is 0 Å². The highest BCUT2D eigenvalue weighted by molar-refractivity contribution is 7.13. The molecule has 164 valence electrons. The first kappa shape index (κ1) is 21.1. The van der Waals surface area contributed by atoms with Gasteiger partial charge in [0.1, 0.15) is 11.4 Å². The molecule has 10 nitrogen and oxygen atoms in total. The van der Waals surface area contributed by atoms with E-state index in [0.29, 0.717) is 24.7 Å². The number of nitrogens with one attached hydrogen (secondary N) is 2. The van der Waals surface area contributed by atoms with E-state index in [2.05, 4.69) is 20.7 Å². The molecule has 31 heavy (non-hydrogen) atoms. The second-order valence-electron chi connectivity index (χ2n) is 7.08. The zero-order chi connectivity index (χ0) is 21.8. The van der Waals surface area contributed by atoms with Crippen LogP contribution >= 0.6 is 11.3 Å². The second kappa shape index (κ2) is 9.31. The Balaban J connectivity index is 1.28. The van der Waals surface area contributed by atoms with Crippen molar-refractivity contribution in [2.75, 3.05) is 42.6 Å². The minimum atomic E-state index is -0.622. The fourth-order valence-electron chi connectivity index (χ4n) is 3.32. The van der Waals surface area contributed by atoms with Gasteiger partial charge >= 0.3 is 0 Å². The molecule has 0 radical (unpaired) electrons. The molecule has 1 saturated heterocycles. The summed E-state index contributed by atoms with van der Waals surface area (Å²) in [4.78, 5) is 44.9. The lowest BCUT2D eigenvalue weighted by atomic mass is 10.1. The molecule has 1 unspecified atom stereocenters. The lowest BCUT2D eigenvalue weighted by Crippen LogP contribution is -2.47. The molecule has 1 atom stereocenters. The number of fused-ring (bicyclic) bond motifs is 1. The van der Waals surface area contributed by atoms with Crippen molar-refractivity contribution in [2.45, 2.75) is 19.4 Å². The Morgan fingerprint density at radius 1 is 1.23 bits per heavy atom. The lowest BCUT2D eigenvalue weighted by Gasteiger charge is -2.32. The third-order valence-corrected chi connectivity index (χ3v) is 5.86. The van der Waals surface area contributed by atoms with E-state index in [1.807, 2.05) is 6.07 Å². The van der Waals surface area contributed by atoms with Crippen LogP contribution in [-0.4, -0.2) is 61.7 Å². The summed E-state index contributed by atoms with van der Waals surface area (Å²) in [5, 5.41) is 2.40. The van der Waals surface area contributed by atoms with Gasteiger partial charge in [-0.2, -0.15) is 0 Å². The van der Waals surface area contributed by atoms with Crippen molar-refractivity contribution >= 4 is 39.9 Å². The Morgan fingerprint density at radius 2 is 2.00 bits per heavy atom. The molecule has 1 aromatic heterocycles. The van der Waals surface area contributed by atoms with Gasteiger partial charge in [0.25, 0.3) is 11.8 Å². The number of thiazole rings is 1. The quantitative estimate of drug-likeness (QED) is 0.659. The maximum atomic E-state index is 12.5. The molecule has 3 heterocycles. The summed E-state index contributed by atoms with van der Waals surface area (Å²) in [6, 6.07) is 7.18. The zero-order valence-corrected chi connectivity index (χ0v) is 17.8. The molecule has 2 aromatic rings. The summed E-state index contributed by atoms with van der Waals surface area (Å²) in [5.74, 6) is -0.525. The highest BCUT2D eigenvalue weighted by Gasteiger charge is 2.31. The average molecular weight is 446 g/mol. The largest absolute Gasteiger partial charge is 0.479 e. The van der Waals surface area contributed by atoms with E-state index in [1.165, 1.54) is 16.2 Å². The number of hydrazine groups is 1. The van der Waals surface area contributed by atoms with Gasteiger partial charge in [-0.3, -0.25) is 25.2 Å². The van der Waals surface area contributed by atoms with Crippen LogP contribution < -0.4 is 25.4 Å². The molecule has 0 bridgehead atoms. The van der Waals surface area contributed by atoms with Crippen LogP contribution in [0.15, 0.2) is 29.6 Å². The van der Waals surface area contributed by atoms with E-state index in [1.54, 1.807) is 30.5 Å². The summed E-state index contributed by atoms with van der Waals surface area (Å²) in [6.45, 7) is 4.56. The Bertz CT molecular complexity index is 974. The lowest BCUT2D eigenvalue weighted by molar-refractivity contribution is -0.125. The second-order valence-corrected chi connectivity index (χ2v) is 7.92. The minimum Gasteiger partial charge on any atom is -0.479 e. The smallest absolute Gasteiger partial charge is 0.289 e. The maximum Gasteiger partial charge on any atom is 0.289 e. The van der Waals surface area contributed by atoms with E-state index < -0.39 is 17.9 Å². The SMILES string of the molecule is CC1Oc2ccccc2N(CCC(=O)NNC(=O)c2csc(N3CCOCC3)n2)C1=O. The van der Waals surface area contributed by atoms with E-state index in [-0.39, 0.29) is 24.6 Å². The number of carbonyl (C=O) groups is 3. The fraction of sp³-hybridized carbons (Fsp3) is 0.400. The van der Waals surface area contributed by atoms with E-state index in [9.17, 15) is 14.4 Å². The number of hydrogen-bond acceptors (Lipinski definition) is 8. The van der Waals surface area contributed by atoms with Gasteiger partial charge in [-0.15, -0.1) is 11.3 Å². The third kappa shape index (κ3) is 4.78. The van der Waals surface area contributed by atoms with Gasteiger partial charge in [0.15, 0.2) is 11.2 Å². The number of aromatic nitrogens is 1. The van der Waals surface area contributed by atoms with Crippen LogP contribution in [0.1, 0.15) is 23.8 Å². The summed E-state index contributed by atoms with van der Waals surface area (Å²) < 4.78 is 10.9. The highest BCUT2D eigenvalue weighted by atomic mass is 32.1. The predicted molar refractivity (Wildman–Crippen MR) is 114 cm³/mol. The maximum absolute atomic E-state index is 12.5. The van der Waals surface area contributed by atoms with Crippen molar-refractivity contribution in [1.29, 1.82) is 0 Å². The van der Waals surface area contributed by atoms with E-state index in [4.69, 9.17) is 9.47 Å². The first-order valence-electron chi connectivity index (χ1n) is 9.97. The molecule has 4 rings (SSSR count). The molecular weight excluding hydrogens is 422 g/mol. The standard InChI is InChI=1S/C20H23N5O5S/c1-13-19(28)25(15-4-2-3-5-16(15)30-13)7-6-17(26)22-23-18(27)14-12-31-20(21-14)24-8-10-29-11-9-24/h2-5,12-13H,6-11H2,1H3,(H,22,26)(H,23,27). The van der Waals surface area contributed by atoms with Gasteiger partial charge in [-0.05, 0) is 19.1 Å². The summed E-state index contributed by atoms with van der Waals surface area (Å²) in [6.07, 6.45) is -0.605. The average Bonchev–Trinajstić information content (AvgIpc) is 3.29. The van der Waals surface area contributed by atoms with Crippen LogP contribution in [0.4, 0.5) is 10.8 Å². The number of ether oxygens (including phenoxy) is 2. The summed E-state index contributed by atoms with van der Waals surface area (Å²) >= 11 is 1.37. The number of rotatable bonds is 5. The molecule has 0 aliphatic carbocycles. The third-order valence-electron chi connectivity index (χ3n) is 4.96. The van der Waals surface area contributed by atoms with Crippen LogP contribution in [0.2, 0.25) is 0 Å². The first-order valence-corrected chi connectivity index (χ1v) is 10.9. The molecule has 0 spiro atoms. The molecule has 2 aliphatic rings. The highest BCUT2D eigenvalue weighted by Crippen LogP contribution is 2.33. The minimum absolute atomic E-state index is 0.0170. The van der Waals surface area contributed by atoms with E-state index in [0.717, 1.165) is 18.2 Å². The number of benzene rings is 1. The van der Waals surface area contributed by atoms with Crippen LogP contribution in [0.5, 0.6) is 5.75 Å². The number of nitrogens with zero attached hydrogens (tertiary/aromatic N) is 3. The number of amides is 3. The topological polar surface area (TPSA) is 113 Å². The Kier molecular flexibility index (Phi) is 6.33. The van der Waals surface area contributed by atoms with Gasteiger partial charge in [0, 0.05) is 31.4 Å². The van der Waals surface area contributed by atoms with Crippen LogP contribution in [0.25, 0.3) is 0 Å². The van der Waals surface area contributed by atoms with Crippen LogP contribution in [0.3, 0.4) is 0 Å². The molecule has 2 aliphatic heterocycles. The number of anilines is 2. The number of carbonyl (C=O) groups excluding carboxylic acids is 3. The zero-order valence-electron chi connectivity index (χ0n) is 17.0. The van der Waals surface area contributed by atoms with E-state index >= 15 is 0 Å². The molecule has 0 saturated carbocycles. The molecule has 11 heteroatoms. The van der Waals surface area contributed by atoms with Crippen molar-refractivity contribution in [1.82, 2.24) is 15.8 Å².